The summed E-state index contributed by atoms with van der Waals surface area (Å²) >= 11 is 4.39. The minimum atomic E-state index is -0.228. The highest BCUT2D eigenvalue weighted by Crippen LogP contribution is 2.32. The van der Waals surface area contributed by atoms with Crippen molar-refractivity contribution in [3.05, 3.63) is 63.9 Å². The number of carbonyl (C=O) groups excluding carboxylic acids is 2. The normalized spacial score (nSPS) is 10.8. The van der Waals surface area contributed by atoms with Gasteiger partial charge in [-0.25, -0.2) is 4.98 Å². The lowest BCUT2D eigenvalue weighted by atomic mass is 10.2. The number of benzene rings is 1. The Hall–Kier alpha value is -3.02. The molecule has 0 radical (unpaired) electrons. The first kappa shape index (κ1) is 22.2. The van der Waals surface area contributed by atoms with Crippen LogP contribution in [0.1, 0.15) is 33.9 Å². The number of thiophene rings is 1. The van der Waals surface area contributed by atoms with E-state index in [1.54, 1.807) is 24.3 Å². The first-order chi connectivity index (χ1) is 15.5. The fourth-order valence-electron chi connectivity index (χ4n) is 2.75. The van der Waals surface area contributed by atoms with E-state index in [-0.39, 0.29) is 11.8 Å². The molecule has 8 nitrogen and oxygen atoms in total. The molecule has 0 aliphatic rings. The molecule has 0 aliphatic heterocycles. The van der Waals surface area contributed by atoms with E-state index in [0.717, 1.165) is 20.3 Å². The van der Waals surface area contributed by atoms with Crippen molar-refractivity contribution >= 4 is 51.4 Å². The largest absolute Gasteiger partial charge is 0.351 e. The average Bonchev–Trinajstić information content (AvgIpc) is 3.52. The van der Waals surface area contributed by atoms with Gasteiger partial charge in [0, 0.05) is 22.1 Å². The van der Waals surface area contributed by atoms with E-state index in [9.17, 15) is 9.59 Å². The Morgan fingerprint density at radius 3 is 2.78 bits per heavy atom. The van der Waals surface area contributed by atoms with Crippen LogP contribution in [0.25, 0.3) is 10.6 Å². The second kappa shape index (κ2) is 10.1. The minimum Gasteiger partial charge on any atom is -0.351 e. The number of aryl methyl sites for hydroxylation is 1. The van der Waals surface area contributed by atoms with Crippen molar-refractivity contribution in [2.75, 3.05) is 5.32 Å². The highest BCUT2D eigenvalue weighted by atomic mass is 32.2. The van der Waals surface area contributed by atoms with Crippen LogP contribution in [0, 0.1) is 6.92 Å². The van der Waals surface area contributed by atoms with Crippen molar-refractivity contribution < 1.29 is 14.1 Å². The Labute approximate surface area is 196 Å². The summed E-state index contributed by atoms with van der Waals surface area (Å²) in [6.07, 6.45) is 0. The predicted octanol–water partition coefficient (Wildman–Crippen LogP) is 4.74. The van der Waals surface area contributed by atoms with Gasteiger partial charge in [-0.3, -0.25) is 14.9 Å². The molecule has 3 aromatic heterocycles. The zero-order valence-electron chi connectivity index (χ0n) is 17.2. The molecule has 2 N–H and O–H groups in total. The third-order valence-corrected chi connectivity index (χ3v) is 7.13. The fourth-order valence-corrected chi connectivity index (χ4v) is 5.32. The molecule has 0 saturated heterocycles. The monoisotopic (exact) mass is 485 g/mol. The van der Waals surface area contributed by atoms with Gasteiger partial charge in [-0.1, -0.05) is 17.3 Å². The summed E-state index contributed by atoms with van der Waals surface area (Å²) < 4.78 is 5.14. The molecule has 164 valence electrons. The quantitative estimate of drug-likeness (QED) is 0.347. The van der Waals surface area contributed by atoms with Gasteiger partial charge in [0.05, 0.1) is 28.4 Å². The number of hydrogen-bond acceptors (Lipinski definition) is 9. The van der Waals surface area contributed by atoms with Crippen molar-refractivity contribution in [2.45, 2.75) is 31.0 Å². The lowest BCUT2D eigenvalue weighted by molar-refractivity contribution is -0.119. The number of nitrogens with zero attached hydrogens (tertiary/aromatic N) is 3. The summed E-state index contributed by atoms with van der Waals surface area (Å²) in [6, 6.07) is 11.3. The van der Waals surface area contributed by atoms with Gasteiger partial charge in [0.15, 0.2) is 11.0 Å². The van der Waals surface area contributed by atoms with Gasteiger partial charge >= 0.3 is 0 Å². The van der Waals surface area contributed by atoms with Crippen LogP contribution < -0.4 is 10.6 Å². The number of amides is 2. The molecule has 0 spiro atoms. The topological polar surface area (TPSA) is 110 Å². The standard InChI is InChI=1S/C21H19N5O3S3/c1-12-23-19(29-26-12)11-30-17-6-4-3-5-15(17)20(28)25-21-24-16(10-31-21)18-8-7-14(32-18)9-22-13(2)27/h3-8,10H,9,11H2,1-2H3,(H,22,27)(H,24,25,28). The van der Waals surface area contributed by atoms with E-state index in [2.05, 4.69) is 25.8 Å². The summed E-state index contributed by atoms with van der Waals surface area (Å²) in [5.74, 6) is 1.28. The first-order valence-electron chi connectivity index (χ1n) is 9.59. The van der Waals surface area contributed by atoms with Crippen LogP contribution in [0.2, 0.25) is 0 Å². The molecular formula is C21H19N5O3S3. The van der Waals surface area contributed by atoms with Crippen molar-refractivity contribution in [1.82, 2.24) is 20.4 Å². The Bertz CT molecular complexity index is 1250. The van der Waals surface area contributed by atoms with E-state index in [0.29, 0.717) is 34.7 Å². The summed E-state index contributed by atoms with van der Waals surface area (Å²) in [5, 5.41) is 11.9. The number of carbonyl (C=O) groups is 2. The van der Waals surface area contributed by atoms with E-state index in [4.69, 9.17) is 4.52 Å². The average molecular weight is 486 g/mol. The van der Waals surface area contributed by atoms with Crippen LogP contribution in [-0.4, -0.2) is 26.9 Å². The molecule has 0 atom stereocenters. The molecule has 0 bridgehead atoms. The minimum absolute atomic E-state index is 0.0655. The van der Waals surface area contributed by atoms with E-state index >= 15 is 0 Å². The van der Waals surface area contributed by atoms with Crippen LogP contribution in [0.5, 0.6) is 0 Å². The molecule has 4 aromatic rings. The predicted molar refractivity (Wildman–Crippen MR) is 126 cm³/mol. The maximum atomic E-state index is 12.9. The smallest absolute Gasteiger partial charge is 0.258 e. The van der Waals surface area contributed by atoms with Gasteiger partial charge in [0.2, 0.25) is 11.8 Å². The fraction of sp³-hybridized carbons (Fsp3) is 0.190. The van der Waals surface area contributed by atoms with Crippen molar-refractivity contribution in [3.63, 3.8) is 0 Å². The second-order valence-electron chi connectivity index (χ2n) is 6.69. The van der Waals surface area contributed by atoms with Gasteiger partial charge in [-0.2, -0.15) is 4.98 Å². The van der Waals surface area contributed by atoms with Gasteiger partial charge in [0.25, 0.3) is 5.91 Å². The molecule has 0 saturated carbocycles. The van der Waals surface area contributed by atoms with Crippen molar-refractivity contribution in [1.29, 1.82) is 0 Å². The molecule has 4 rings (SSSR count). The number of hydrogen-bond donors (Lipinski definition) is 2. The third-order valence-electron chi connectivity index (χ3n) is 4.20. The maximum absolute atomic E-state index is 12.9. The van der Waals surface area contributed by atoms with E-state index in [1.165, 1.54) is 30.0 Å². The van der Waals surface area contributed by atoms with Gasteiger partial charge in [-0.15, -0.1) is 34.4 Å². The molecular weight excluding hydrogens is 466 g/mol. The van der Waals surface area contributed by atoms with Crippen LogP contribution in [0.15, 0.2) is 51.2 Å². The molecule has 3 heterocycles. The molecule has 11 heteroatoms. The van der Waals surface area contributed by atoms with Crippen LogP contribution in [0.4, 0.5) is 5.13 Å². The number of nitrogens with one attached hydrogen (secondary N) is 2. The second-order valence-corrected chi connectivity index (χ2v) is 9.73. The highest BCUT2D eigenvalue weighted by molar-refractivity contribution is 7.98. The lowest BCUT2D eigenvalue weighted by Gasteiger charge is -2.07. The van der Waals surface area contributed by atoms with Crippen LogP contribution in [-0.2, 0) is 17.1 Å². The SMILES string of the molecule is CC(=O)NCc1ccc(-c2csc(NC(=O)c3ccccc3SCc3nc(C)no3)n2)s1. The molecule has 0 fully saturated rings. The number of rotatable bonds is 8. The Morgan fingerprint density at radius 2 is 2.00 bits per heavy atom. The molecule has 2 amide bonds. The zero-order valence-corrected chi connectivity index (χ0v) is 19.7. The van der Waals surface area contributed by atoms with Crippen molar-refractivity contribution in [2.24, 2.45) is 0 Å². The highest BCUT2D eigenvalue weighted by Gasteiger charge is 2.15. The Balaban J connectivity index is 1.42. The van der Waals surface area contributed by atoms with Gasteiger partial charge in [0.1, 0.15) is 0 Å². The van der Waals surface area contributed by atoms with E-state index < -0.39 is 0 Å². The van der Waals surface area contributed by atoms with E-state index in [1.807, 2.05) is 35.7 Å². The van der Waals surface area contributed by atoms with Gasteiger partial charge in [-0.05, 0) is 31.2 Å². The lowest BCUT2D eigenvalue weighted by Crippen LogP contribution is -2.17. The maximum Gasteiger partial charge on any atom is 0.258 e. The molecule has 1 aromatic carbocycles. The summed E-state index contributed by atoms with van der Waals surface area (Å²) in [6.45, 7) is 3.75. The number of thiazole rings is 1. The first-order valence-corrected chi connectivity index (χ1v) is 12.3. The summed E-state index contributed by atoms with van der Waals surface area (Å²) in [5.41, 5.74) is 1.35. The van der Waals surface area contributed by atoms with Crippen LogP contribution in [0.3, 0.4) is 0 Å². The Kier molecular flexibility index (Phi) is 6.98. The van der Waals surface area contributed by atoms with Crippen LogP contribution >= 0.6 is 34.4 Å². The number of aromatic nitrogens is 3. The van der Waals surface area contributed by atoms with Crippen molar-refractivity contribution in [3.8, 4) is 10.6 Å². The van der Waals surface area contributed by atoms with Gasteiger partial charge < -0.3 is 9.84 Å². The zero-order chi connectivity index (χ0) is 22.5. The number of anilines is 1. The third kappa shape index (κ3) is 5.61. The number of thioether (sulfide) groups is 1. The Morgan fingerprint density at radius 1 is 1.16 bits per heavy atom. The molecule has 32 heavy (non-hydrogen) atoms. The summed E-state index contributed by atoms with van der Waals surface area (Å²) in [7, 11) is 0. The molecule has 0 aliphatic carbocycles. The molecule has 0 unspecified atom stereocenters. The summed E-state index contributed by atoms with van der Waals surface area (Å²) in [4.78, 5) is 35.6.